The average Bonchev–Trinajstić information content (AvgIpc) is 0.832. The van der Waals surface area contributed by atoms with Crippen LogP contribution in [0.15, 0.2) is 60.7 Å². The standard InChI is InChI=1S/C74H116F2N12O13/c1-18-48(8)64-68(95)80-63(50(10)89)74(101)81(11)44-62(91)83(13)56(39-46(4)5)66(93)79-55(71(98)88-36-28-21-29-37-88)43-61(90)82(12)49(9)65(92)78-54(38-45(2)3)70(97)85(15)58(40-47(6)7)72(99)84(14)57(41-51-30-22-19-23-31-51)67(94)77-53(34-26-27-35-60(75)76)69(96)86(16)59(73(100)87(64)17)42-52-32-24-20-25-33-52/h19-20,22-25,30-33,45-50,53-60,63-64,89H,18,21,26-29,34-44H2,1-17H3,(H,77,94)(H,78,92)(H,79,93)(H,80,95)/t48-,49-,50+,53-,54-,55-,56-,57-,58-,59-,63-,64-/m0/s1. The molecule has 0 aromatic heterocycles. The number of hydrogen-bond acceptors (Lipinski definition) is 13. The van der Waals surface area contributed by atoms with Crippen LogP contribution >= 0.6 is 0 Å². The largest absolute Gasteiger partial charge is 0.391 e. The van der Waals surface area contributed by atoms with Gasteiger partial charge in [0, 0.05) is 81.7 Å². The van der Waals surface area contributed by atoms with Crippen molar-refractivity contribution < 1.29 is 71.4 Å². The number of halogens is 2. The van der Waals surface area contributed by atoms with Crippen LogP contribution in [0.4, 0.5) is 8.78 Å². The van der Waals surface area contributed by atoms with Crippen molar-refractivity contribution in [3.05, 3.63) is 71.8 Å². The summed E-state index contributed by atoms with van der Waals surface area (Å²) in [6, 6.07) is 3.39. The highest BCUT2D eigenvalue weighted by atomic mass is 19.3. The molecule has 25 nitrogen and oxygen atoms in total. The fraction of sp³-hybridized carbons (Fsp3) is 0.676. The molecule has 12 amide bonds. The first kappa shape index (κ1) is 85.3. The number of unbranched alkanes of at least 4 members (excludes halogenated alkanes) is 1. The minimum absolute atomic E-state index is 0.00261. The van der Waals surface area contributed by atoms with Crippen molar-refractivity contribution in [1.82, 2.24) is 60.5 Å². The number of nitrogens with one attached hydrogen (secondary N) is 4. The molecule has 2 heterocycles. The molecular weight excluding hydrogens is 1300 g/mol. The van der Waals surface area contributed by atoms with Gasteiger partial charge in [0.25, 0.3) is 0 Å². The summed E-state index contributed by atoms with van der Waals surface area (Å²) in [6.45, 7) is 17.1. The molecule has 2 aromatic rings. The Hall–Kier alpha value is -8.10. The van der Waals surface area contributed by atoms with E-state index in [-0.39, 0.29) is 69.1 Å². The third kappa shape index (κ3) is 24.8. The second-order valence-corrected chi connectivity index (χ2v) is 29.0. The van der Waals surface area contributed by atoms with Crippen molar-refractivity contribution in [1.29, 1.82) is 0 Å². The Balaban J connectivity index is 1.99. The normalized spacial score (nSPS) is 25.2. The van der Waals surface area contributed by atoms with E-state index in [4.69, 9.17) is 0 Å². The molecule has 564 valence electrons. The van der Waals surface area contributed by atoms with Gasteiger partial charge >= 0.3 is 0 Å². The number of alkyl halides is 2. The summed E-state index contributed by atoms with van der Waals surface area (Å²) in [5, 5.41) is 22.4. The van der Waals surface area contributed by atoms with E-state index in [1.807, 2.05) is 41.5 Å². The lowest BCUT2D eigenvalue weighted by Gasteiger charge is -2.39. The Morgan fingerprint density at radius 1 is 0.515 bits per heavy atom. The van der Waals surface area contributed by atoms with Crippen LogP contribution in [0.3, 0.4) is 0 Å². The monoisotopic (exact) mass is 1420 g/mol. The smallest absolute Gasteiger partial charge is 0.248 e. The van der Waals surface area contributed by atoms with Gasteiger partial charge in [0.2, 0.25) is 77.3 Å². The Morgan fingerprint density at radius 3 is 1.52 bits per heavy atom. The Kier molecular flexibility index (Phi) is 34.2. The van der Waals surface area contributed by atoms with Crippen molar-refractivity contribution in [2.24, 2.45) is 23.7 Å². The number of piperidine rings is 1. The summed E-state index contributed by atoms with van der Waals surface area (Å²) in [7, 11) is 9.49. The van der Waals surface area contributed by atoms with Gasteiger partial charge in [0.15, 0.2) is 0 Å². The van der Waals surface area contributed by atoms with Gasteiger partial charge in [0.1, 0.15) is 60.4 Å². The van der Waals surface area contributed by atoms with E-state index in [0.29, 0.717) is 43.5 Å². The van der Waals surface area contributed by atoms with Crippen LogP contribution in [0, 0.1) is 23.7 Å². The van der Waals surface area contributed by atoms with Crippen LogP contribution in [0.1, 0.15) is 157 Å². The summed E-state index contributed by atoms with van der Waals surface area (Å²) < 4.78 is 27.5. The number of aliphatic hydroxyl groups excluding tert-OH is 1. The summed E-state index contributed by atoms with van der Waals surface area (Å²) >= 11 is 0. The van der Waals surface area contributed by atoms with Gasteiger partial charge in [-0.05, 0) is 100 Å². The second-order valence-electron chi connectivity index (χ2n) is 29.0. The van der Waals surface area contributed by atoms with Gasteiger partial charge in [-0.25, -0.2) is 8.78 Å². The molecule has 0 saturated carbocycles. The van der Waals surface area contributed by atoms with Gasteiger partial charge in [-0.3, -0.25) is 57.5 Å². The molecule has 0 radical (unpaired) electrons. The predicted molar refractivity (Wildman–Crippen MR) is 380 cm³/mol. The molecule has 101 heavy (non-hydrogen) atoms. The average molecular weight is 1420 g/mol. The number of likely N-dealkylation sites (tertiary alicyclic amines) is 1. The van der Waals surface area contributed by atoms with E-state index in [0.717, 1.165) is 30.9 Å². The molecule has 2 aliphatic rings. The van der Waals surface area contributed by atoms with Crippen molar-refractivity contribution >= 4 is 70.9 Å². The number of nitrogens with zero attached hydrogens (tertiary/aromatic N) is 8. The lowest BCUT2D eigenvalue weighted by molar-refractivity contribution is -0.152. The zero-order valence-corrected chi connectivity index (χ0v) is 62.7. The van der Waals surface area contributed by atoms with E-state index in [9.17, 15) is 47.4 Å². The first-order valence-corrected chi connectivity index (χ1v) is 35.8. The van der Waals surface area contributed by atoms with Crippen LogP contribution in [0.5, 0.6) is 0 Å². The van der Waals surface area contributed by atoms with E-state index in [1.165, 1.54) is 73.0 Å². The molecule has 4 rings (SSSR count). The molecular formula is C74H116F2N12O13. The topological polar surface area (TPSA) is 299 Å². The number of carbonyl (C=O) groups excluding carboxylic acids is 12. The molecule has 2 aliphatic heterocycles. The summed E-state index contributed by atoms with van der Waals surface area (Å²) in [6.07, 6.45) is -3.26. The minimum Gasteiger partial charge on any atom is -0.391 e. The van der Waals surface area contributed by atoms with Crippen molar-refractivity contribution in [2.45, 2.75) is 232 Å². The molecule has 2 saturated heterocycles. The van der Waals surface area contributed by atoms with Gasteiger partial charge in [-0.1, -0.05) is 129 Å². The van der Waals surface area contributed by atoms with Crippen molar-refractivity contribution in [3.63, 3.8) is 0 Å². The van der Waals surface area contributed by atoms with E-state index in [2.05, 4.69) is 21.3 Å². The van der Waals surface area contributed by atoms with Crippen molar-refractivity contribution in [2.75, 3.05) is 69.0 Å². The van der Waals surface area contributed by atoms with Gasteiger partial charge in [-0.2, -0.15) is 0 Å². The highest BCUT2D eigenvalue weighted by Gasteiger charge is 2.44. The molecule has 5 N–H and O–H groups in total. The summed E-state index contributed by atoms with van der Waals surface area (Å²) in [4.78, 5) is 189. The van der Waals surface area contributed by atoms with E-state index in [1.54, 1.807) is 79.4 Å². The zero-order chi connectivity index (χ0) is 75.9. The first-order valence-electron chi connectivity index (χ1n) is 35.8. The van der Waals surface area contributed by atoms with Gasteiger partial charge in [-0.15, -0.1) is 0 Å². The molecule has 0 unspecified atom stereocenters. The number of amides is 12. The molecule has 0 aliphatic carbocycles. The lowest BCUT2D eigenvalue weighted by Crippen LogP contribution is -2.62. The highest BCUT2D eigenvalue weighted by Crippen LogP contribution is 2.25. The molecule has 0 spiro atoms. The Labute approximate surface area is 596 Å². The Bertz CT molecular complexity index is 3100. The van der Waals surface area contributed by atoms with E-state index < -0.39 is 169 Å². The number of benzene rings is 2. The maximum absolute atomic E-state index is 15.5. The molecule has 12 atom stereocenters. The Morgan fingerprint density at radius 2 is 1.00 bits per heavy atom. The van der Waals surface area contributed by atoms with Gasteiger partial charge in [0.05, 0.1) is 19.1 Å². The number of rotatable bonds is 19. The van der Waals surface area contributed by atoms with Crippen LogP contribution in [0.2, 0.25) is 0 Å². The van der Waals surface area contributed by atoms with E-state index >= 15 is 24.0 Å². The molecule has 0 bridgehead atoms. The maximum Gasteiger partial charge on any atom is 0.248 e. The fourth-order valence-corrected chi connectivity index (χ4v) is 12.9. The second kappa shape index (κ2) is 40.5. The fourth-order valence-electron chi connectivity index (χ4n) is 12.9. The summed E-state index contributed by atoms with van der Waals surface area (Å²) in [5.74, 6) is -10.5. The van der Waals surface area contributed by atoms with Crippen LogP contribution in [-0.2, 0) is 70.4 Å². The molecule has 27 heteroatoms. The molecule has 2 fully saturated rings. The maximum atomic E-state index is 15.5. The molecule has 2 aromatic carbocycles. The quantitative estimate of drug-likeness (QED) is 0.120. The van der Waals surface area contributed by atoms with Crippen LogP contribution in [0.25, 0.3) is 0 Å². The third-order valence-corrected chi connectivity index (χ3v) is 19.5. The zero-order valence-electron chi connectivity index (χ0n) is 62.7. The predicted octanol–water partition coefficient (Wildman–Crippen LogP) is 4.66. The number of aliphatic hydroxyl groups is 1. The number of hydrogen-bond donors (Lipinski definition) is 5. The highest BCUT2D eigenvalue weighted by molar-refractivity contribution is 6.00. The van der Waals surface area contributed by atoms with Crippen molar-refractivity contribution in [3.8, 4) is 0 Å². The minimum atomic E-state index is -2.68. The number of carbonyl (C=O) groups is 12. The lowest BCUT2D eigenvalue weighted by atomic mass is 9.94. The summed E-state index contributed by atoms with van der Waals surface area (Å²) in [5.41, 5.74) is 1.18. The first-order chi connectivity index (χ1) is 47.4. The third-order valence-electron chi connectivity index (χ3n) is 19.5. The number of likely N-dealkylation sites (N-methyl/N-ethyl adjacent to an activating group) is 7. The SMILES string of the molecule is CC[C@H](C)[C@H]1C(=O)N[C@@H]([C@@H](C)O)C(=O)N(C)CC(=O)N(C)[C@@H](CC(C)C)C(=O)N[C@H](C(=O)N2CCCCC2)CC(=O)N(C)[C@@H](C)C(=O)N[C@@H](CC(C)C)C(=O)N(C)[C@@H](CC(C)C)C(=O)N(C)[C@@H](Cc2ccccc2)C(=O)N[C@@H](CCCCC(F)F)C(=O)N(C)[C@@H](Cc2ccccc2)C(=O)N1C. The van der Waals surface area contributed by atoms with Gasteiger partial charge < -0.3 is 65.6 Å². The van der Waals surface area contributed by atoms with Crippen LogP contribution < -0.4 is 21.3 Å². The van der Waals surface area contributed by atoms with Crippen LogP contribution in [-0.4, -0.2) is 257 Å².